The van der Waals surface area contributed by atoms with Gasteiger partial charge in [0.1, 0.15) is 23.0 Å². The molecular formula is C25H36N2O6. The number of amides is 1. The first kappa shape index (κ1) is 24.9. The van der Waals surface area contributed by atoms with E-state index < -0.39 is 34.9 Å². The van der Waals surface area contributed by atoms with Crippen LogP contribution in [0.4, 0.5) is 4.79 Å². The molecule has 0 aromatic heterocycles. The lowest BCUT2D eigenvalue weighted by molar-refractivity contribution is -0.160. The van der Waals surface area contributed by atoms with Crippen molar-refractivity contribution in [3.05, 3.63) is 28.8 Å². The molecule has 2 atom stereocenters. The molecule has 3 rings (SSSR count). The second-order valence-electron chi connectivity index (χ2n) is 11.0. The van der Waals surface area contributed by atoms with Crippen LogP contribution in [-0.2, 0) is 19.1 Å². The second-order valence-corrected chi connectivity index (χ2v) is 11.0. The van der Waals surface area contributed by atoms with Crippen LogP contribution in [0, 0.1) is 13.8 Å². The molecule has 182 valence electrons. The van der Waals surface area contributed by atoms with Crippen LogP contribution in [0.3, 0.4) is 0 Å². The molecule has 33 heavy (non-hydrogen) atoms. The van der Waals surface area contributed by atoms with Gasteiger partial charge in [-0.05, 0) is 78.6 Å². The van der Waals surface area contributed by atoms with Crippen LogP contribution in [0.25, 0.3) is 0 Å². The summed E-state index contributed by atoms with van der Waals surface area (Å²) in [7, 11) is 1.65. The molecule has 1 aromatic carbocycles. The Hall–Kier alpha value is -2.77. The summed E-state index contributed by atoms with van der Waals surface area (Å²) in [5.74, 6) is 0.369. The Balaban J connectivity index is 1.85. The van der Waals surface area contributed by atoms with E-state index in [1.807, 2.05) is 26.0 Å². The largest absolute Gasteiger partial charge is 0.496 e. The number of carbonyl (C=O) groups is 2. The molecule has 0 unspecified atom stereocenters. The Morgan fingerprint density at radius 3 is 2.15 bits per heavy atom. The fraction of sp³-hybridized carbons (Fsp3) is 0.640. The third-order valence-corrected chi connectivity index (χ3v) is 5.54. The van der Waals surface area contributed by atoms with Gasteiger partial charge in [-0.25, -0.2) is 9.59 Å². The maximum absolute atomic E-state index is 13.0. The standard InChI is InChI=1S/C25H36N2O6/c1-15-10-17(11-16(2)20(15)30-9)18-12-25(33-26-18)13-19(21(28)31-23(3,4)5)27(14-25)22(29)32-24(6,7)8/h10-11,19H,12-14H2,1-9H3/t19-,25+/m0/s1. The molecule has 2 aliphatic rings. The van der Waals surface area contributed by atoms with Crippen molar-refractivity contribution in [2.45, 2.75) is 91.1 Å². The van der Waals surface area contributed by atoms with Gasteiger partial charge in [-0.3, -0.25) is 4.90 Å². The van der Waals surface area contributed by atoms with Gasteiger partial charge in [-0.2, -0.15) is 0 Å². The molecule has 8 nitrogen and oxygen atoms in total. The summed E-state index contributed by atoms with van der Waals surface area (Å²) in [5, 5.41) is 4.36. The van der Waals surface area contributed by atoms with Crippen molar-refractivity contribution >= 4 is 17.8 Å². The van der Waals surface area contributed by atoms with Crippen LogP contribution in [-0.4, -0.2) is 59.2 Å². The third kappa shape index (κ3) is 5.60. The number of rotatable bonds is 3. The van der Waals surface area contributed by atoms with Crippen molar-refractivity contribution < 1.29 is 28.6 Å². The summed E-state index contributed by atoms with van der Waals surface area (Å²) in [6.45, 7) is 14.9. The third-order valence-electron chi connectivity index (χ3n) is 5.54. The van der Waals surface area contributed by atoms with Crippen LogP contribution in [0.2, 0.25) is 0 Å². The Bertz CT molecular complexity index is 911. The number of nitrogens with zero attached hydrogens (tertiary/aromatic N) is 2. The zero-order chi connectivity index (χ0) is 24.8. The lowest BCUT2D eigenvalue weighted by Crippen LogP contribution is -2.46. The number of likely N-dealkylation sites (tertiary alicyclic amines) is 1. The topological polar surface area (TPSA) is 86.7 Å². The lowest BCUT2D eigenvalue weighted by Gasteiger charge is -2.29. The van der Waals surface area contributed by atoms with Gasteiger partial charge >= 0.3 is 12.1 Å². The number of hydrogen-bond donors (Lipinski definition) is 0. The number of benzene rings is 1. The molecule has 2 heterocycles. The van der Waals surface area contributed by atoms with Crippen molar-refractivity contribution in [3.8, 4) is 5.75 Å². The van der Waals surface area contributed by atoms with Crippen molar-refractivity contribution in [1.29, 1.82) is 0 Å². The quantitative estimate of drug-likeness (QED) is 0.616. The summed E-state index contributed by atoms with van der Waals surface area (Å²) in [5.41, 5.74) is 1.54. The summed E-state index contributed by atoms with van der Waals surface area (Å²) in [4.78, 5) is 33.3. The van der Waals surface area contributed by atoms with Crippen LogP contribution >= 0.6 is 0 Å². The van der Waals surface area contributed by atoms with Gasteiger partial charge in [0.05, 0.1) is 19.4 Å². The van der Waals surface area contributed by atoms with Gasteiger partial charge in [0.2, 0.25) is 0 Å². The fourth-order valence-electron chi connectivity index (χ4n) is 4.35. The minimum Gasteiger partial charge on any atom is -0.496 e. The minimum absolute atomic E-state index is 0.187. The van der Waals surface area contributed by atoms with E-state index in [0.717, 1.165) is 28.2 Å². The number of oxime groups is 1. The Labute approximate surface area is 196 Å². The van der Waals surface area contributed by atoms with E-state index in [-0.39, 0.29) is 13.0 Å². The summed E-state index contributed by atoms with van der Waals surface area (Å²) >= 11 is 0. The zero-order valence-electron chi connectivity index (χ0n) is 21.2. The number of methoxy groups -OCH3 is 1. The summed E-state index contributed by atoms with van der Waals surface area (Å²) in [6.07, 6.45) is 0.183. The van der Waals surface area contributed by atoms with Gasteiger partial charge in [0.15, 0.2) is 5.60 Å². The smallest absolute Gasteiger partial charge is 0.411 e. The van der Waals surface area contributed by atoms with E-state index in [1.165, 1.54) is 4.90 Å². The molecule has 8 heteroatoms. The molecule has 1 amide bonds. The van der Waals surface area contributed by atoms with Gasteiger partial charge < -0.3 is 19.0 Å². The average Bonchev–Trinajstić information content (AvgIpc) is 3.23. The molecule has 0 N–H and O–H groups in total. The Kier molecular flexibility index (Phi) is 6.43. The summed E-state index contributed by atoms with van der Waals surface area (Å²) < 4.78 is 16.7. The highest BCUT2D eigenvalue weighted by Crippen LogP contribution is 2.40. The molecule has 0 radical (unpaired) electrons. The number of carbonyl (C=O) groups excluding carboxylic acids is 2. The number of ether oxygens (including phenoxy) is 3. The van der Waals surface area contributed by atoms with Crippen molar-refractivity contribution in [3.63, 3.8) is 0 Å². The van der Waals surface area contributed by atoms with Gasteiger partial charge in [-0.15, -0.1) is 0 Å². The molecule has 0 saturated carbocycles. The molecule has 1 spiro atoms. The highest BCUT2D eigenvalue weighted by molar-refractivity contribution is 6.02. The molecule has 0 aliphatic carbocycles. The first-order valence-electron chi connectivity index (χ1n) is 11.3. The van der Waals surface area contributed by atoms with E-state index in [9.17, 15) is 9.59 Å². The molecule has 2 aliphatic heterocycles. The molecule has 0 bridgehead atoms. The predicted molar refractivity (Wildman–Crippen MR) is 125 cm³/mol. The van der Waals surface area contributed by atoms with Gasteiger partial charge in [-0.1, -0.05) is 5.16 Å². The normalized spacial score (nSPS) is 22.8. The maximum Gasteiger partial charge on any atom is 0.411 e. The molecule has 1 saturated heterocycles. The highest BCUT2D eigenvalue weighted by atomic mass is 16.7. The van der Waals surface area contributed by atoms with Crippen LogP contribution in [0.15, 0.2) is 17.3 Å². The van der Waals surface area contributed by atoms with E-state index in [2.05, 4.69) is 5.16 Å². The Morgan fingerprint density at radius 1 is 1.06 bits per heavy atom. The molecule has 1 fully saturated rings. The average molecular weight is 461 g/mol. The van der Waals surface area contributed by atoms with E-state index in [1.54, 1.807) is 48.7 Å². The summed E-state index contributed by atoms with van der Waals surface area (Å²) in [6, 6.07) is 3.21. The molecule has 1 aromatic rings. The predicted octanol–water partition coefficient (Wildman–Crippen LogP) is 4.53. The van der Waals surface area contributed by atoms with Gasteiger partial charge in [0, 0.05) is 18.4 Å². The van der Waals surface area contributed by atoms with Crippen LogP contribution in [0.1, 0.15) is 71.1 Å². The van der Waals surface area contributed by atoms with Crippen molar-refractivity contribution in [1.82, 2.24) is 4.90 Å². The van der Waals surface area contributed by atoms with Crippen molar-refractivity contribution in [2.75, 3.05) is 13.7 Å². The fourth-order valence-corrected chi connectivity index (χ4v) is 4.35. The minimum atomic E-state index is -0.812. The second kappa shape index (κ2) is 8.54. The Morgan fingerprint density at radius 2 is 1.64 bits per heavy atom. The maximum atomic E-state index is 13.0. The number of aryl methyl sites for hydroxylation is 2. The van der Waals surface area contributed by atoms with E-state index >= 15 is 0 Å². The SMILES string of the molecule is COc1c(C)cc(C2=NO[C@]3(C2)C[C@@H](C(=O)OC(C)(C)C)N(C(=O)OC(C)(C)C)C3)cc1C. The monoisotopic (exact) mass is 460 g/mol. The van der Waals surface area contributed by atoms with E-state index in [4.69, 9.17) is 19.0 Å². The first-order valence-corrected chi connectivity index (χ1v) is 11.3. The van der Waals surface area contributed by atoms with E-state index in [0.29, 0.717) is 6.42 Å². The lowest BCUT2D eigenvalue weighted by atomic mass is 9.90. The first-order chi connectivity index (χ1) is 15.1. The number of hydrogen-bond acceptors (Lipinski definition) is 7. The van der Waals surface area contributed by atoms with Crippen LogP contribution in [0.5, 0.6) is 5.75 Å². The van der Waals surface area contributed by atoms with Crippen molar-refractivity contribution in [2.24, 2.45) is 5.16 Å². The van der Waals surface area contributed by atoms with Gasteiger partial charge in [0.25, 0.3) is 0 Å². The van der Waals surface area contributed by atoms with Crippen LogP contribution < -0.4 is 4.74 Å². The zero-order valence-corrected chi connectivity index (χ0v) is 21.2. The molecular weight excluding hydrogens is 424 g/mol. The highest BCUT2D eigenvalue weighted by Gasteiger charge is 2.55. The number of esters is 1.